The fourth-order valence-corrected chi connectivity index (χ4v) is 4.09. The quantitative estimate of drug-likeness (QED) is 0.499. The average Bonchev–Trinajstić information content (AvgIpc) is 2.74. The van der Waals surface area contributed by atoms with Crippen LogP contribution in [0.2, 0.25) is 0 Å². The van der Waals surface area contributed by atoms with Gasteiger partial charge in [0.2, 0.25) is 5.56 Å². The van der Waals surface area contributed by atoms with Gasteiger partial charge in [-0.1, -0.05) is 38.5 Å². The Morgan fingerprint density at radius 1 is 1.19 bits per heavy atom. The molecule has 0 fully saturated rings. The van der Waals surface area contributed by atoms with E-state index in [0.29, 0.717) is 11.1 Å². The number of nitrogens with zero attached hydrogens (tertiary/aromatic N) is 2. The Hall–Kier alpha value is -3.10. The Morgan fingerprint density at radius 2 is 1.88 bits per heavy atom. The van der Waals surface area contributed by atoms with E-state index < -0.39 is 29.4 Å². The van der Waals surface area contributed by atoms with Crippen molar-refractivity contribution < 1.29 is 13.2 Å². The maximum Gasteiger partial charge on any atom is 0.274 e. The fourth-order valence-electron chi connectivity index (χ4n) is 4.09. The van der Waals surface area contributed by atoms with Crippen LogP contribution in [0.15, 0.2) is 33.9 Å². The molecule has 0 saturated carbocycles. The van der Waals surface area contributed by atoms with Crippen molar-refractivity contribution in [2.24, 2.45) is 7.05 Å². The van der Waals surface area contributed by atoms with Crippen molar-refractivity contribution in [3.8, 4) is 0 Å². The normalized spacial score (nSPS) is 13.5. The molecule has 2 N–H and O–H groups in total. The molecule has 0 aliphatic rings. The number of benzene rings is 1. The number of hydrogen-bond donors (Lipinski definition) is 2. The first-order valence-electron chi connectivity index (χ1n) is 10.7. The molecule has 3 aromatic rings. The molecule has 2 aromatic heterocycles. The zero-order valence-corrected chi connectivity index (χ0v) is 18.5. The number of fused-ring (bicyclic) bond motifs is 1. The standard InChI is InChI=1S/C23H27F3N4O2/c1-5-8-13(6-2)20-18-16(11-17(31)28-20)23(32)30(4)29-22(18)27-12(3)14-9-7-10-15(19(14)24)21(25)26/h7,9-13,21H,5-6,8H2,1-4H3,(H,27,29)(H,28,31). The second kappa shape index (κ2) is 9.58. The third-order valence-electron chi connectivity index (χ3n) is 5.73. The van der Waals surface area contributed by atoms with Gasteiger partial charge >= 0.3 is 0 Å². The Labute approximate surface area is 183 Å². The van der Waals surface area contributed by atoms with Gasteiger partial charge < -0.3 is 10.3 Å². The molecule has 2 heterocycles. The number of H-pyrrole nitrogens is 1. The first kappa shape index (κ1) is 23.6. The van der Waals surface area contributed by atoms with Crippen molar-refractivity contribution in [1.29, 1.82) is 0 Å². The molecule has 172 valence electrons. The summed E-state index contributed by atoms with van der Waals surface area (Å²) in [5, 5.41) is 8.06. The topological polar surface area (TPSA) is 79.8 Å². The minimum absolute atomic E-state index is 0.0138. The van der Waals surface area contributed by atoms with Crippen LogP contribution in [-0.2, 0) is 7.05 Å². The van der Waals surface area contributed by atoms with Crippen molar-refractivity contribution in [2.75, 3.05) is 5.32 Å². The number of hydrogen-bond acceptors (Lipinski definition) is 4. The molecule has 0 aliphatic heterocycles. The molecule has 0 spiro atoms. The number of halogens is 3. The van der Waals surface area contributed by atoms with E-state index in [1.165, 1.54) is 25.2 Å². The van der Waals surface area contributed by atoms with Gasteiger partial charge in [0, 0.05) is 24.4 Å². The Kier molecular flexibility index (Phi) is 7.06. The highest BCUT2D eigenvalue weighted by Crippen LogP contribution is 2.33. The summed E-state index contributed by atoms with van der Waals surface area (Å²) in [4.78, 5) is 28.0. The predicted octanol–water partition coefficient (Wildman–Crippen LogP) is 5.17. The second-order valence-corrected chi connectivity index (χ2v) is 7.92. The van der Waals surface area contributed by atoms with Crippen LogP contribution in [0.4, 0.5) is 19.0 Å². The molecule has 0 radical (unpaired) electrons. The lowest BCUT2D eigenvalue weighted by atomic mass is 9.93. The van der Waals surface area contributed by atoms with Crippen LogP contribution in [0.5, 0.6) is 0 Å². The van der Waals surface area contributed by atoms with Gasteiger partial charge in [-0.3, -0.25) is 9.59 Å². The summed E-state index contributed by atoms with van der Waals surface area (Å²) in [6.45, 7) is 5.65. The lowest BCUT2D eigenvalue weighted by Gasteiger charge is -2.22. The van der Waals surface area contributed by atoms with E-state index in [-0.39, 0.29) is 28.2 Å². The van der Waals surface area contributed by atoms with Crippen LogP contribution in [0.3, 0.4) is 0 Å². The number of anilines is 1. The molecule has 6 nitrogen and oxygen atoms in total. The van der Waals surface area contributed by atoms with E-state index in [9.17, 15) is 22.8 Å². The summed E-state index contributed by atoms with van der Waals surface area (Å²) in [5.41, 5.74) is -0.840. The first-order valence-corrected chi connectivity index (χ1v) is 10.7. The summed E-state index contributed by atoms with van der Waals surface area (Å²) in [7, 11) is 1.46. The minimum atomic E-state index is -2.94. The van der Waals surface area contributed by atoms with Gasteiger partial charge in [-0.15, -0.1) is 0 Å². The van der Waals surface area contributed by atoms with Crippen LogP contribution in [-0.4, -0.2) is 14.8 Å². The SMILES string of the molecule is CCCC(CC)c1[nH]c(=O)cc2c(=O)n(C)nc(NC(C)c3cccc(C(F)F)c3F)c12. The van der Waals surface area contributed by atoms with Crippen molar-refractivity contribution in [3.05, 3.63) is 67.6 Å². The average molecular weight is 448 g/mol. The van der Waals surface area contributed by atoms with E-state index in [4.69, 9.17) is 0 Å². The second-order valence-electron chi connectivity index (χ2n) is 7.92. The van der Waals surface area contributed by atoms with Crippen molar-refractivity contribution in [2.45, 2.75) is 58.4 Å². The van der Waals surface area contributed by atoms with E-state index in [2.05, 4.69) is 15.4 Å². The molecule has 3 rings (SSSR count). The van der Waals surface area contributed by atoms with Crippen LogP contribution in [0, 0.1) is 5.82 Å². The third-order valence-corrected chi connectivity index (χ3v) is 5.73. The fraction of sp³-hybridized carbons (Fsp3) is 0.435. The molecular weight excluding hydrogens is 421 g/mol. The molecule has 1 aromatic carbocycles. The zero-order chi connectivity index (χ0) is 23.6. The molecule has 32 heavy (non-hydrogen) atoms. The van der Waals surface area contributed by atoms with Gasteiger partial charge in [0.15, 0.2) is 5.82 Å². The molecule has 2 unspecified atom stereocenters. The Morgan fingerprint density at radius 3 is 2.50 bits per heavy atom. The summed E-state index contributed by atoms with van der Waals surface area (Å²) in [5.74, 6) is -0.722. The van der Waals surface area contributed by atoms with E-state index in [1.54, 1.807) is 6.92 Å². The number of pyridine rings is 1. The lowest BCUT2D eigenvalue weighted by Crippen LogP contribution is -2.25. The smallest absolute Gasteiger partial charge is 0.274 e. The summed E-state index contributed by atoms with van der Waals surface area (Å²) in [6.07, 6.45) is -0.534. The largest absolute Gasteiger partial charge is 0.361 e. The zero-order valence-electron chi connectivity index (χ0n) is 18.5. The molecular formula is C23H27F3N4O2. The molecule has 9 heteroatoms. The summed E-state index contributed by atoms with van der Waals surface area (Å²) in [6, 6.07) is 4.36. The maximum atomic E-state index is 14.7. The van der Waals surface area contributed by atoms with Gasteiger partial charge in [0.25, 0.3) is 12.0 Å². The Balaban J connectivity index is 2.21. The lowest BCUT2D eigenvalue weighted by molar-refractivity contribution is 0.146. The molecule has 0 saturated heterocycles. The predicted molar refractivity (Wildman–Crippen MR) is 119 cm³/mol. The highest BCUT2D eigenvalue weighted by molar-refractivity contribution is 5.93. The number of alkyl halides is 2. The number of aromatic nitrogens is 3. The van der Waals surface area contributed by atoms with Crippen molar-refractivity contribution in [1.82, 2.24) is 14.8 Å². The number of aryl methyl sites for hydroxylation is 1. The van der Waals surface area contributed by atoms with E-state index >= 15 is 0 Å². The van der Waals surface area contributed by atoms with Crippen LogP contribution >= 0.6 is 0 Å². The molecule has 0 amide bonds. The van der Waals surface area contributed by atoms with Gasteiger partial charge in [0.05, 0.1) is 22.4 Å². The van der Waals surface area contributed by atoms with Gasteiger partial charge in [-0.05, 0) is 25.7 Å². The number of rotatable bonds is 8. The highest BCUT2D eigenvalue weighted by atomic mass is 19.3. The number of nitrogens with one attached hydrogen (secondary N) is 2. The van der Waals surface area contributed by atoms with E-state index in [0.717, 1.165) is 30.0 Å². The molecule has 2 atom stereocenters. The van der Waals surface area contributed by atoms with Crippen molar-refractivity contribution in [3.63, 3.8) is 0 Å². The molecule has 0 aliphatic carbocycles. The summed E-state index contributed by atoms with van der Waals surface area (Å²) >= 11 is 0. The first-order chi connectivity index (χ1) is 15.2. The van der Waals surface area contributed by atoms with E-state index in [1.807, 2.05) is 13.8 Å². The third kappa shape index (κ3) is 4.42. The van der Waals surface area contributed by atoms with Crippen LogP contribution < -0.4 is 16.4 Å². The van der Waals surface area contributed by atoms with Crippen molar-refractivity contribution >= 4 is 16.6 Å². The highest BCUT2D eigenvalue weighted by Gasteiger charge is 2.23. The number of aromatic amines is 1. The van der Waals surface area contributed by atoms with Gasteiger partial charge in [-0.25, -0.2) is 17.9 Å². The maximum absolute atomic E-state index is 14.7. The van der Waals surface area contributed by atoms with Gasteiger partial charge in [0.1, 0.15) is 5.82 Å². The van der Waals surface area contributed by atoms with Crippen LogP contribution in [0.25, 0.3) is 10.8 Å². The minimum Gasteiger partial charge on any atom is -0.361 e. The molecule has 0 bridgehead atoms. The van der Waals surface area contributed by atoms with Gasteiger partial charge in [-0.2, -0.15) is 5.10 Å². The monoisotopic (exact) mass is 448 g/mol. The summed E-state index contributed by atoms with van der Waals surface area (Å²) < 4.78 is 42.1. The van der Waals surface area contributed by atoms with Crippen LogP contribution in [0.1, 0.15) is 75.2 Å². The Bertz CT molecular complexity index is 1240.